The van der Waals surface area contributed by atoms with Crippen LogP contribution in [0.3, 0.4) is 0 Å². The standard InChI is InChI=1S/C16H19NO/c1-9-4-5-10(2)16-15(9)13-7-6-12(11(3)18)8-14(13)17-16/h4-5,12,17-18H,3,6-8H2,1-2H3. The van der Waals surface area contributed by atoms with Crippen molar-refractivity contribution >= 4 is 10.9 Å². The van der Waals surface area contributed by atoms with E-state index in [0.29, 0.717) is 5.76 Å². The lowest BCUT2D eigenvalue weighted by Crippen LogP contribution is -2.15. The van der Waals surface area contributed by atoms with Crippen molar-refractivity contribution in [2.75, 3.05) is 0 Å². The van der Waals surface area contributed by atoms with E-state index in [4.69, 9.17) is 0 Å². The predicted molar refractivity (Wildman–Crippen MR) is 75.1 cm³/mol. The third-order valence-corrected chi connectivity index (χ3v) is 4.23. The van der Waals surface area contributed by atoms with Crippen LogP contribution in [0.25, 0.3) is 10.9 Å². The van der Waals surface area contributed by atoms with Crippen molar-refractivity contribution in [1.29, 1.82) is 0 Å². The van der Waals surface area contributed by atoms with Gasteiger partial charge in [-0.3, -0.25) is 0 Å². The SMILES string of the molecule is C=C(O)C1CCc2c([nH]c3c(C)ccc(C)c23)C1. The van der Waals surface area contributed by atoms with Crippen LogP contribution >= 0.6 is 0 Å². The van der Waals surface area contributed by atoms with Gasteiger partial charge in [-0.05, 0) is 49.8 Å². The Kier molecular flexibility index (Phi) is 2.47. The van der Waals surface area contributed by atoms with Gasteiger partial charge in [0.05, 0.1) is 5.76 Å². The van der Waals surface area contributed by atoms with Gasteiger partial charge in [0.1, 0.15) is 0 Å². The molecular weight excluding hydrogens is 222 g/mol. The van der Waals surface area contributed by atoms with Crippen molar-refractivity contribution in [1.82, 2.24) is 4.98 Å². The average molecular weight is 241 g/mol. The molecule has 0 fully saturated rings. The average Bonchev–Trinajstić information content (AvgIpc) is 2.73. The maximum atomic E-state index is 9.58. The highest BCUT2D eigenvalue weighted by Crippen LogP contribution is 2.35. The van der Waals surface area contributed by atoms with Crippen molar-refractivity contribution in [3.8, 4) is 0 Å². The summed E-state index contributed by atoms with van der Waals surface area (Å²) in [5.41, 5.74) is 6.64. The summed E-state index contributed by atoms with van der Waals surface area (Å²) in [7, 11) is 0. The largest absolute Gasteiger partial charge is 0.513 e. The van der Waals surface area contributed by atoms with Crippen LogP contribution in [0.15, 0.2) is 24.5 Å². The highest BCUT2D eigenvalue weighted by Gasteiger charge is 2.25. The smallest absolute Gasteiger partial charge is 0.0885 e. The minimum Gasteiger partial charge on any atom is -0.513 e. The molecule has 0 aliphatic heterocycles. The minimum atomic E-state index is 0.214. The number of nitrogens with one attached hydrogen (secondary N) is 1. The lowest BCUT2D eigenvalue weighted by molar-refractivity contribution is 0.312. The fourth-order valence-electron chi connectivity index (χ4n) is 3.14. The number of aromatic nitrogens is 1. The van der Waals surface area contributed by atoms with Gasteiger partial charge in [-0.1, -0.05) is 18.7 Å². The highest BCUT2D eigenvalue weighted by atomic mass is 16.3. The molecule has 3 rings (SSSR count). The minimum absolute atomic E-state index is 0.214. The molecule has 1 aromatic carbocycles. The van der Waals surface area contributed by atoms with E-state index in [1.54, 1.807) is 0 Å². The number of fused-ring (bicyclic) bond motifs is 3. The van der Waals surface area contributed by atoms with Crippen LogP contribution in [0.2, 0.25) is 0 Å². The highest BCUT2D eigenvalue weighted by molar-refractivity contribution is 5.90. The summed E-state index contributed by atoms with van der Waals surface area (Å²) in [6.07, 6.45) is 2.92. The summed E-state index contributed by atoms with van der Waals surface area (Å²) in [5, 5.41) is 11.0. The Morgan fingerprint density at radius 1 is 1.33 bits per heavy atom. The number of hydrogen-bond acceptors (Lipinski definition) is 1. The Morgan fingerprint density at radius 3 is 2.78 bits per heavy atom. The molecule has 1 aliphatic carbocycles. The van der Waals surface area contributed by atoms with Crippen LogP contribution in [0.1, 0.15) is 28.8 Å². The molecule has 1 heterocycles. The molecule has 1 aliphatic rings. The van der Waals surface area contributed by atoms with E-state index in [1.807, 2.05) is 0 Å². The monoisotopic (exact) mass is 241 g/mol. The molecule has 2 nitrogen and oxygen atoms in total. The van der Waals surface area contributed by atoms with Crippen LogP contribution in [0.4, 0.5) is 0 Å². The number of aryl methyl sites for hydroxylation is 3. The van der Waals surface area contributed by atoms with Crippen LogP contribution in [0, 0.1) is 19.8 Å². The van der Waals surface area contributed by atoms with Crippen LogP contribution in [-0.4, -0.2) is 10.1 Å². The first-order valence-corrected chi connectivity index (χ1v) is 6.55. The second-order valence-corrected chi connectivity index (χ2v) is 5.46. The molecule has 2 aromatic rings. The molecule has 18 heavy (non-hydrogen) atoms. The van der Waals surface area contributed by atoms with Crippen LogP contribution < -0.4 is 0 Å². The van der Waals surface area contributed by atoms with Gasteiger partial charge >= 0.3 is 0 Å². The lowest BCUT2D eigenvalue weighted by Gasteiger charge is -2.21. The maximum Gasteiger partial charge on any atom is 0.0885 e. The van der Waals surface area contributed by atoms with Gasteiger partial charge < -0.3 is 10.1 Å². The van der Waals surface area contributed by atoms with E-state index < -0.39 is 0 Å². The molecule has 1 unspecified atom stereocenters. The summed E-state index contributed by atoms with van der Waals surface area (Å²) >= 11 is 0. The quantitative estimate of drug-likeness (QED) is 0.728. The zero-order chi connectivity index (χ0) is 12.9. The van der Waals surface area contributed by atoms with Gasteiger partial charge in [-0.15, -0.1) is 0 Å². The molecule has 0 saturated carbocycles. The molecule has 0 bridgehead atoms. The van der Waals surface area contributed by atoms with E-state index in [2.05, 4.69) is 37.5 Å². The van der Waals surface area contributed by atoms with Crippen molar-refractivity contribution < 1.29 is 5.11 Å². The first kappa shape index (κ1) is 11.4. The topological polar surface area (TPSA) is 36.0 Å². The second kappa shape index (κ2) is 3.91. The summed E-state index contributed by atoms with van der Waals surface area (Å²) in [6.45, 7) is 8.00. The molecule has 0 amide bonds. The summed E-state index contributed by atoms with van der Waals surface area (Å²) in [6, 6.07) is 4.37. The molecule has 0 spiro atoms. The van der Waals surface area contributed by atoms with Crippen molar-refractivity contribution in [3.05, 3.63) is 46.9 Å². The van der Waals surface area contributed by atoms with Gasteiger partial charge in [0.2, 0.25) is 0 Å². The Balaban J connectivity index is 2.19. The number of rotatable bonds is 1. The number of aliphatic hydroxyl groups is 1. The third-order valence-electron chi connectivity index (χ3n) is 4.23. The second-order valence-electron chi connectivity index (χ2n) is 5.46. The fourth-order valence-corrected chi connectivity index (χ4v) is 3.14. The third kappa shape index (κ3) is 1.56. The Morgan fingerprint density at radius 2 is 2.06 bits per heavy atom. The molecule has 1 aromatic heterocycles. The number of aliphatic hydroxyl groups excluding tert-OH is 1. The number of benzene rings is 1. The normalized spacial score (nSPS) is 18.9. The van der Waals surface area contributed by atoms with E-state index in [0.717, 1.165) is 19.3 Å². The van der Waals surface area contributed by atoms with Gasteiger partial charge in [0.15, 0.2) is 0 Å². The molecule has 2 N–H and O–H groups in total. The number of hydrogen-bond donors (Lipinski definition) is 2. The summed E-state index contributed by atoms with van der Waals surface area (Å²) in [5.74, 6) is 0.541. The summed E-state index contributed by atoms with van der Waals surface area (Å²) in [4.78, 5) is 3.56. The van der Waals surface area contributed by atoms with Gasteiger partial charge in [0, 0.05) is 22.5 Å². The van der Waals surface area contributed by atoms with Gasteiger partial charge in [-0.2, -0.15) is 0 Å². The van der Waals surface area contributed by atoms with Crippen LogP contribution in [-0.2, 0) is 12.8 Å². The number of aromatic amines is 1. The van der Waals surface area contributed by atoms with Crippen molar-refractivity contribution in [2.24, 2.45) is 5.92 Å². The number of allylic oxidation sites excluding steroid dienone is 1. The predicted octanol–water partition coefficient (Wildman–Crippen LogP) is 3.96. The maximum absolute atomic E-state index is 9.58. The Labute approximate surface area is 107 Å². The van der Waals surface area contributed by atoms with E-state index >= 15 is 0 Å². The molecular formula is C16H19NO. The zero-order valence-electron chi connectivity index (χ0n) is 11.0. The molecule has 94 valence electrons. The molecule has 1 atom stereocenters. The first-order valence-electron chi connectivity index (χ1n) is 6.55. The Bertz CT molecular complexity index is 636. The lowest BCUT2D eigenvalue weighted by atomic mass is 9.85. The van der Waals surface area contributed by atoms with Crippen molar-refractivity contribution in [3.63, 3.8) is 0 Å². The van der Waals surface area contributed by atoms with Gasteiger partial charge in [0.25, 0.3) is 0 Å². The zero-order valence-corrected chi connectivity index (χ0v) is 11.0. The van der Waals surface area contributed by atoms with E-state index in [-0.39, 0.29) is 5.92 Å². The van der Waals surface area contributed by atoms with E-state index in [1.165, 1.54) is 33.3 Å². The fraction of sp³-hybridized carbons (Fsp3) is 0.375. The summed E-state index contributed by atoms with van der Waals surface area (Å²) < 4.78 is 0. The molecule has 2 heteroatoms. The molecule has 0 saturated heterocycles. The molecule has 0 radical (unpaired) electrons. The van der Waals surface area contributed by atoms with Crippen LogP contribution in [0.5, 0.6) is 0 Å². The van der Waals surface area contributed by atoms with E-state index in [9.17, 15) is 5.11 Å². The number of H-pyrrole nitrogens is 1. The van der Waals surface area contributed by atoms with Gasteiger partial charge in [-0.25, -0.2) is 0 Å². The first-order chi connectivity index (χ1) is 8.58. The van der Waals surface area contributed by atoms with Crippen molar-refractivity contribution in [2.45, 2.75) is 33.1 Å². The Hall–Kier alpha value is -1.70.